The van der Waals surface area contributed by atoms with Crippen LogP contribution in [0.5, 0.6) is 5.75 Å². The molecule has 6 rings (SSSR count). The van der Waals surface area contributed by atoms with E-state index in [0.29, 0.717) is 0 Å². The SMILES string of the molecule is COc1ccc(N(c2ccc(-c3ccc(N(c4ccccc4)c4ccccc4C)cc3)cc2)c2cccc(C)c2C)c(C)c1C. The quantitative estimate of drug-likeness (QED) is 0.176. The predicted octanol–water partition coefficient (Wildman–Crippen LogP) is 11.8. The highest BCUT2D eigenvalue weighted by Crippen LogP contribution is 2.42. The number of benzene rings is 6. The molecule has 0 fully saturated rings. The monoisotopic (exact) mass is 588 g/mol. The number of rotatable bonds is 8. The first kappa shape index (κ1) is 29.8. The highest BCUT2D eigenvalue weighted by molar-refractivity contribution is 5.83. The van der Waals surface area contributed by atoms with Crippen LogP contribution in [0.1, 0.15) is 27.8 Å². The summed E-state index contributed by atoms with van der Waals surface area (Å²) in [6.07, 6.45) is 0. The van der Waals surface area contributed by atoms with Crippen molar-refractivity contribution in [2.75, 3.05) is 16.9 Å². The number of para-hydroxylation sites is 2. The summed E-state index contributed by atoms with van der Waals surface area (Å²) in [5.74, 6) is 0.907. The standard InChI is InChI=1S/C42H40N2O/c1-29-14-12-18-40(31(29)3)44(41-27-28-42(45-6)33(5)32(41)4)38-25-21-35(22-26-38)34-19-23-37(24-20-34)43(36-15-8-7-9-16-36)39-17-11-10-13-30(39)2/h7-28H,1-6H3. The molecular formula is C42H40N2O. The van der Waals surface area contributed by atoms with E-state index in [-0.39, 0.29) is 0 Å². The summed E-state index contributed by atoms with van der Waals surface area (Å²) in [5, 5.41) is 0. The van der Waals surface area contributed by atoms with E-state index in [2.05, 4.69) is 178 Å². The second-order valence-electron chi connectivity index (χ2n) is 11.6. The van der Waals surface area contributed by atoms with Crippen LogP contribution < -0.4 is 14.5 Å². The minimum atomic E-state index is 0.907. The van der Waals surface area contributed by atoms with Gasteiger partial charge < -0.3 is 14.5 Å². The van der Waals surface area contributed by atoms with Gasteiger partial charge in [-0.25, -0.2) is 0 Å². The first-order chi connectivity index (χ1) is 21.9. The molecule has 0 aromatic heterocycles. The van der Waals surface area contributed by atoms with E-state index in [1.807, 2.05) is 0 Å². The Morgan fingerprint density at radius 3 is 1.51 bits per heavy atom. The number of aryl methyl sites for hydroxylation is 2. The maximum atomic E-state index is 5.64. The van der Waals surface area contributed by atoms with Crippen molar-refractivity contribution in [1.29, 1.82) is 0 Å². The first-order valence-corrected chi connectivity index (χ1v) is 15.5. The molecule has 0 aliphatic heterocycles. The molecule has 0 amide bonds. The van der Waals surface area contributed by atoms with E-state index in [9.17, 15) is 0 Å². The number of ether oxygens (including phenoxy) is 1. The second kappa shape index (κ2) is 12.8. The third-order valence-corrected chi connectivity index (χ3v) is 8.94. The molecule has 0 atom stereocenters. The zero-order valence-corrected chi connectivity index (χ0v) is 27.0. The van der Waals surface area contributed by atoms with E-state index in [1.165, 1.54) is 44.8 Å². The minimum Gasteiger partial charge on any atom is -0.496 e. The third-order valence-electron chi connectivity index (χ3n) is 8.94. The summed E-state index contributed by atoms with van der Waals surface area (Å²) in [4.78, 5) is 4.69. The van der Waals surface area contributed by atoms with Crippen LogP contribution in [-0.4, -0.2) is 7.11 Å². The summed E-state index contributed by atoms with van der Waals surface area (Å²) in [5.41, 5.74) is 15.4. The Labute approximate surface area is 268 Å². The fraction of sp³-hybridized carbons (Fsp3) is 0.143. The average molecular weight is 589 g/mol. The smallest absolute Gasteiger partial charge is 0.122 e. The van der Waals surface area contributed by atoms with E-state index < -0.39 is 0 Å². The Morgan fingerprint density at radius 2 is 0.889 bits per heavy atom. The van der Waals surface area contributed by atoms with Crippen LogP contribution in [0.4, 0.5) is 34.1 Å². The summed E-state index contributed by atoms with van der Waals surface area (Å²) in [7, 11) is 1.73. The molecule has 224 valence electrons. The Bertz CT molecular complexity index is 1930. The fourth-order valence-corrected chi connectivity index (χ4v) is 6.06. The van der Waals surface area contributed by atoms with Crippen LogP contribution in [-0.2, 0) is 0 Å². The van der Waals surface area contributed by atoms with E-state index in [1.54, 1.807) is 7.11 Å². The number of hydrogen-bond acceptors (Lipinski definition) is 3. The van der Waals surface area contributed by atoms with Crippen LogP contribution in [0, 0.1) is 34.6 Å². The van der Waals surface area contributed by atoms with Gasteiger partial charge >= 0.3 is 0 Å². The molecule has 0 heterocycles. The van der Waals surface area contributed by atoms with Crippen molar-refractivity contribution in [3.63, 3.8) is 0 Å². The van der Waals surface area contributed by atoms with Gasteiger partial charge in [0.15, 0.2) is 0 Å². The topological polar surface area (TPSA) is 15.7 Å². The minimum absolute atomic E-state index is 0.907. The van der Waals surface area contributed by atoms with Crippen LogP contribution in [0.15, 0.2) is 133 Å². The summed E-state index contributed by atoms with van der Waals surface area (Å²) >= 11 is 0. The molecule has 0 radical (unpaired) electrons. The Hall–Kier alpha value is -5.28. The fourth-order valence-electron chi connectivity index (χ4n) is 6.06. The molecule has 0 aliphatic carbocycles. The van der Waals surface area contributed by atoms with Crippen molar-refractivity contribution in [3.8, 4) is 16.9 Å². The van der Waals surface area contributed by atoms with E-state index >= 15 is 0 Å². The Balaban J connectivity index is 1.37. The third kappa shape index (κ3) is 5.82. The molecule has 0 saturated carbocycles. The van der Waals surface area contributed by atoms with Gasteiger partial charge in [-0.2, -0.15) is 0 Å². The molecule has 6 aromatic carbocycles. The highest BCUT2D eigenvalue weighted by atomic mass is 16.5. The lowest BCUT2D eigenvalue weighted by molar-refractivity contribution is 0.411. The lowest BCUT2D eigenvalue weighted by Gasteiger charge is -2.30. The zero-order valence-electron chi connectivity index (χ0n) is 27.0. The van der Waals surface area contributed by atoms with Crippen molar-refractivity contribution in [1.82, 2.24) is 0 Å². The number of anilines is 6. The molecule has 0 unspecified atom stereocenters. The molecule has 3 nitrogen and oxygen atoms in total. The van der Waals surface area contributed by atoms with Crippen LogP contribution in [0.25, 0.3) is 11.1 Å². The van der Waals surface area contributed by atoms with Gasteiger partial charge in [0.1, 0.15) is 5.75 Å². The van der Waals surface area contributed by atoms with Gasteiger partial charge in [-0.15, -0.1) is 0 Å². The van der Waals surface area contributed by atoms with Gasteiger partial charge in [-0.1, -0.05) is 72.8 Å². The lowest BCUT2D eigenvalue weighted by atomic mass is 10.0. The van der Waals surface area contributed by atoms with Crippen molar-refractivity contribution < 1.29 is 4.74 Å². The molecule has 0 spiro atoms. The van der Waals surface area contributed by atoms with Crippen LogP contribution in [0.3, 0.4) is 0 Å². The zero-order chi connectivity index (χ0) is 31.5. The molecular weight excluding hydrogens is 548 g/mol. The van der Waals surface area contributed by atoms with Gasteiger partial charge in [0.25, 0.3) is 0 Å². The Kier molecular flexibility index (Phi) is 8.44. The summed E-state index contributed by atoms with van der Waals surface area (Å²) in [6, 6.07) is 47.7. The van der Waals surface area contributed by atoms with Gasteiger partial charge in [-0.3, -0.25) is 0 Å². The van der Waals surface area contributed by atoms with Crippen LogP contribution >= 0.6 is 0 Å². The normalized spacial score (nSPS) is 10.9. The van der Waals surface area contributed by atoms with Crippen molar-refractivity contribution >= 4 is 34.1 Å². The lowest BCUT2D eigenvalue weighted by Crippen LogP contribution is -2.14. The molecule has 6 aromatic rings. The van der Waals surface area contributed by atoms with Gasteiger partial charge in [0.2, 0.25) is 0 Å². The van der Waals surface area contributed by atoms with E-state index in [4.69, 9.17) is 4.74 Å². The Morgan fingerprint density at radius 1 is 0.378 bits per heavy atom. The van der Waals surface area contributed by atoms with Gasteiger partial charge in [0.05, 0.1) is 7.11 Å². The summed E-state index contributed by atoms with van der Waals surface area (Å²) < 4.78 is 5.64. The molecule has 0 saturated heterocycles. The summed E-state index contributed by atoms with van der Waals surface area (Å²) in [6.45, 7) is 10.8. The largest absolute Gasteiger partial charge is 0.496 e. The number of nitrogens with zero attached hydrogens (tertiary/aromatic N) is 2. The second-order valence-corrected chi connectivity index (χ2v) is 11.6. The number of hydrogen-bond donors (Lipinski definition) is 0. The highest BCUT2D eigenvalue weighted by Gasteiger charge is 2.20. The maximum Gasteiger partial charge on any atom is 0.122 e. The van der Waals surface area contributed by atoms with Gasteiger partial charge in [0, 0.05) is 34.1 Å². The van der Waals surface area contributed by atoms with Crippen LogP contribution in [0.2, 0.25) is 0 Å². The van der Waals surface area contributed by atoms with Gasteiger partial charge in [-0.05, 0) is 134 Å². The van der Waals surface area contributed by atoms with E-state index in [0.717, 1.165) is 34.1 Å². The predicted molar refractivity (Wildman–Crippen MR) is 191 cm³/mol. The van der Waals surface area contributed by atoms with Crippen molar-refractivity contribution in [2.45, 2.75) is 34.6 Å². The number of methoxy groups -OCH3 is 1. The maximum absolute atomic E-state index is 5.64. The van der Waals surface area contributed by atoms with Crippen molar-refractivity contribution in [2.24, 2.45) is 0 Å². The molecule has 45 heavy (non-hydrogen) atoms. The first-order valence-electron chi connectivity index (χ1n) is 15.5. The average Bonchev–Trinajstić information content (AvgIpc) is 3.07. The molecule has 0 aliphatic rings. The molecule has 0 bridgehead atoms. The van der Waals surface area contributed by atoms with Crippen molar-refractivity contribution in [3.05, 3.63) is 161 Å². The molecule has 3 heteroatoms. The molecule has 0 N–H and O–H groups in total.